The first kappa shape index (κ1) is 22.0. The van der Waals surface area contributed by atoms with Crippen molar-refractivity contribution in [1.29, 1.82) is 0 Å². The highest BCUT2D eigenvalue weighted by atomic mass is 32.2. The number of hydrogen-bond acceptors (Lipinski definition) is 2. The first-order valence-corrected chi connectivity index (χ1v) is 12.9. The largest absolute Gasteiger partial charge is 0.282 e. The molecule has 4 heteroatoms. The first-order valence-electron chi connectivity index (χ1n) is 11.4. The average molecular weight is 436 g/mol. The maximum atomic E-state index is 13.3. The summed E-state index contributed by atoms with van der Waals surface area (Å²) in [6, 6.07) is 17.5. The van der Waals surface area contributed by atoms with Crippen LogP contribution in [-0.2, 0) is 10.0 Å². The van der Waals surface area contributed by atoms with Gasteiger partial charge in [0, 0.05) is 5.92 Å². The fourth-order valence-corrected chi connectivity index (χ4v) is 6.33. The molecule has 2 aliphatic rings. The Balaban J connectivity index is 1.92. The van der Waals surface area contributed by atoms with Gasteiger partial charge in [-0.25, -0.2) is 0 Å². The molecule has 2 aromatic rings. The average Bonchev–Trinajstić information content (AvgIpc) is 2.95. The Morgan fingerprint density at radius 2 is 1.52 bits per heavy atom. The van der Waals surface area contributed by atoms with E-state index >= 15 is 0 Å². The van der Waals surface area contributed by atoms with Crippen molar-refractivity contribution in [2.24, 2.45) is 21.6 Å². The summed E-state index contributed by atoms with van der Waals surface area (Å²) in [5.41, 5.74) is 5.30. The lowest BCUT2D eigenvalue weighted by Gasteiger charge is -2.29. The van der Waals surface area contributed by atoms with Gasteiger partial charge in [0.15, 0.2) is 0 Å². The molecule has 164 valence electrons. The van der Waals surface area contributed by atoms with E-state index in [9.17, 15) is 8.42 Å². The Bertz CT molecular complexity index is 1100. The summed E-state index contributed by atoms with van der Waals surface area (Å²) in [6.45, 7) is 8.58. The molecule has 1 saturated carbocycles. The molecule has 0 spiro atoms. The summed E-state index contributed by atoms with van der Waals surface area (Å²) in [5, 5.41) is 0. The van der Waals surface area contributed by atoms with Gasteiger partial charge in [-0.3, -0.25) is 0 Å². The molecular formula is C27H33NO2S. The van der Waals surface area contributed by atoms with Gasteiger partial charge in [-0.1, -0.05) is 88.1 Å². The van der Waals surface area contributed by atoms with E-state index in [4.69, 9.17) is 0 Å². The Morgan fingerprint density at radius 1 is 0.903 bits per heavy atom. The molecule has 2 aromatic carbocycles. The Hall–Kier alpha value is -2.20. The van der Waals surface area contributed by atoms with E-state index in [0.29, 0.717) is 5.92 Å². The minimum atomic E-state index is -3.77. The van der Waals surface area contributed by atoms with Crippen molar-refractivity contribution in [1.82, 2.24) is 0 Å². The minimum absolute atomic E-state index is 0.0276. The lowest BCUT2D eigenvalue weighted by Crippen LogP contribution is -2.24. The summed E-state index contributed by atoms with van der Waals surface area (Å²) < 4.78 is 31.2. The van der Waals surface area contributed by atoms with Crippen LogP contribution in [0.3, 0.4) is 0 Å². The summed E-state index contributed by atoms with van der Waals surface area (Å²) in [4.78, 5) is 0.270. The highest BCUT2D eigenvalue weighted by Crippen LogP contribution is 2.54. The quantitative estimate of drug-likeness (QED) is 0.528. The molecule has 0 radical (unpaired) electrons. The minimum Gasteiger partial charge on any atom is -0.199 e. The van der Waals surface area contributed by atoms with Gasteiger partial charge in [0.25, 0.3) is 10.0 Å². The van der Waals surface area contributed by atoms with Crippen LogP contribution < -0.4 is 0 Å². The number of sulfonamides is 1. The molecule has 0 aromatic heterocycles. The van der Waals surface area contributed by atoms with Crippen LogP contribution in [0.25, 0.3) is 5.57 Å². The van der Waals surface area contributed by atoms with Gasteiger partial charge in [-0.2, -0.15) is 12.8 Å². The molecule has 4 rings (SSSR count). The molecule has 1 atom stereocenters. The number of allylic oxidation sites excluding steroid dienone is 2. The summed E-state index contributed by atoms with van der Waals surface area (Å²) in [7, 11) is -3.77. The molecule has 0 amide bonds. The van der Waals surface area contributed by atoms with Gasteiger partial charge in [0.1, 0.15) is 0 Å². The number of hydrogen-bond donors (Lipinski definition) is 0. The second-order valence-electron chi connectivity index (χ2n) is 9.70. The lowest BCUT2D eigenvalue weighted by molar-refractivity contribution is 0.411. The predicted octanol–water partition coefficient (Wildman–Crippen LogP) is 6.83. The molecule has 0 saturated heterocycles. The van der Waals surface area contributed by atoms with Gasteiger partial charge < -0.3 is 0 Å². The van der Waals surface area contributed by atoms with Crippen LogP contribution >= 0.6 is 0 Å². The highest BCUT2D eigenvalue weighted by Gasteiger charge is 2.46. The SMILES string of the molecule is Cc1ccc(S(=O)(=O)/N=C2\C(C3CCCCC3)=C(c3ccccc3)C(C)(C)C2C)cc1. The van der Waals surface area contributed by atoms with Crippen LogP contribution in [0.15, 0.2) is 69.5 Å². The van der Waals surface area contributed by atoms with Crippen LogP contribution in [-0.4, -0.2) is 14.1 Å². The fraction of sp³-hybridized carbons (Fsp3) is 0.444. The zero-order chi connectivity index (χ0) is 22.2. The van der Waals surface area contributed by atoms with Crippen LogP contribution in [0.5, 0.6) is 0 Å². The smallest absolute Gasteiger partial charge is 0.199 e. The van der Waals surface area contributed by atoms with Crippen molar-refractivity contribution >= 4 is 21.3 Å². The third-order valence-corrected chi connectivity index (χ3v) is 8.60. The summed E-state index contributed by atoms with van der Waals surface area (Å²) in [6.07, 6.45) is 5.87. The Labute approximate surface area is 187 Å². The molecule has 2 aliphatic carbocycles. The van der Waals surface area contributed by atoms with E-state index in [2.05, 4.69) is 49.4 Å². The van der Waals surface area contributed by atoms with Gasteiger partial charge in [-0.15, -0.1) is 0 Å². The highest BCUT2D eigenvalue weighted by molar-refractivity contribution is 7.90. The second kappa shape index (κ2) is 8.38. The second-order valence-corrected chi connectivity index (χ2v) is 11.3. The third kappa shape index (κ3) is 4.15. The zero-order valence-corrected chi connectivity index (χ0v) is 19.9. The normalized spacial score (nSPS) is 23.5. The predicted molar refractivity (Wildman–Crippen MR) is 129 cm³/mol. The van der Waals surface area contributed by atoms with Crippen molar-refractivity contribution in [3.05, 3.63) is 71.3 Å². The fourth-order valence-electron chi connectivity index (χ4n) is 5.22. The maximum absolute atomic E-state index is 13.3. The molecule has 0 heterocycles. The summed E-state index contributed by atoms with van der Waals surface area (Å²) >= 11 is 0. The van der Waals surface area contributed by atoms with E-state index in [1.807, 2.05) is 25.1 Å². The van der Waals surface area contributed by atoms with E-state index < -0.39 is 10.0 Å². The van der Waals surface area contributed by atoms with E-state index in [0.717, 1.165) is 24.1 Å². The summed E-state index contributed by atoms with van der Waals surface area (Å²) in [5.74, 6) is 0.403. The van der Waals surface area contributed by atoms with E-state index in [1.54, 1.807) is 12.1 Å². The van der Waals surface area contributed by atoms with Crippen molar-refractivity contribution in [3.63, 3.8) is 0 Å². The molecule has 31 heavy (non-hydrogen) atoms. The van der Waals surface area contributed by atoms with Gasteiger partial charge >= 0.3 is 0 Å². The molecular weight excluding hydrogens is 402 g/mol. The number of aryl methyl sites for hydroxylation is 1. The van der Waals surface area contributed by atoms with Crippen LogP contribution in [0, 0.1) is 24.2 Å². The maximum Gasteiger partial charge on any atom is 0.282 e. The van der Waals surface area contributed by atoms with Crippen molar-refractivity contribution < 1.29 is 8.42 Å². The molecule has 0 aliphatic heterocycles. The standard InChI is InChI=1S/C27H33NO2S/c1-19-15-17-23(18-16-19)31(29,30)28-26-20(2)27(3,4)25(22-13-9-6-10-14-22)24(26)21-11-7-5-8-12-21/h6,9-10,13-18,20-21H,5,7-8,11-12H2,1-4H3/b28-26-. The molecule has 0 bridgehead atoms. The van der Waals surface area contributed by atoms with Gasteiger partial charge in [0.05, 0.1) is 10.6 Å². The molecule has 1 unspecified atom stereocenters. The van der Waals surface area contributed by atoms with Crippen LogP contribution in [0.1, 0.15) is 64.0 Å². The number of rotatable bonds is 4. The van der Waals surface area contributed by atoms with Gasteiger partial charge in [0.2, 0.25) is 0 Å². The topological polar surface area (TPSA) is 46.5 Å². The van der Waals surface area contributed by atoms with E-state index in [1.165, 1.54) is 36.0 Å². The Morgan fingerprint density at radius 3 is 2.13 bits per heavy atom. The molecule has 0 N–H and O–H groups in total. The molecule has 3 nitrogen and oxygen atoms in total. The number of nitrogens with zero attached hydrogens (tertiary/aromatic N) is 1. The zero-order valence-electron chi connectivity index (χ0n) is 19.1. The monoisotopic (exact) mass is 435 g/mol. The van der Waals surface area contributed by atoms with Crippen molar-refractivity contribution in [2.45, 2.75) is 64.7 Å². The number of benzene rings is 2. The van der Waals surface area contributed by atoms with Crippen molar-refractivity contribution in [3.8, 4) is 0 Å². The van der Waals surface area contributed by atoms with Crippen LogP contribution in [0.2, 0.25) is 0 Å². The van der Waals surface area contributed by atoms with Crippen LogP contribution in [0.4, 0.5) is 0 Å². The van der Waals surface area contributed by atoms with Crippen molar-refractivity contribution in [2.75, 3.05) is 0 Å². The molecule has 1 fully saturated rings. The lowest BCUT2D eigenvalue weighted by atomic mass is 9.75. The van der Waals surface area contributed by atoms with Gasteiger partial charge in [-0.05, 0) is 59.9 Å². The Kier molecular flexibility index (Phi) is 5.95. The third-order valence-electron chi connectivity index (χ3n) is 7.30. The first-order chi connectivity index (χ1) is 14.7. The van der Waals surface area contributed by atoms with E-state index in [-0.39, 0.29) is 16.2 Å².